The van der Waals surface area contributed by atoms with Crippen molar-refractivity contribution in [3.8, 4) is 0 Å². The van der Waals surface area contributed by atoms with Gasteiger partial charge in [-0.15, -0.1) is 11.3 Å². The van der Waals surface area contributed by atoms with Crippen molar-refractivity contribution in [3.63, 3.8) is 0 Å². The van der Waals surface area contributed by atoms with Crippen LogP contribution >= 0.6 is 27.3 Å². The maximum Gasteiger partial charge on any atom is 0.443 e. The molecule has 0 bridgehead atoms. The van der Waals surface area contributed by atoms with Crippen LogP contribution in [0.25, 0.3) is 0 Å². The Morgan fingerprint density at radius 1 is 1.38 bits per heavy atom. The number of thiazole rings is 1. The minimum Gasteiger partial charge on any atom is -0.306 e. The van der Waals surface area contributed by atoms with Gasteiger partial charge in [0.25, 0.3) is 0 Å². The molecule has 7 heteroatoms. The topological polar surface area (TPSA) is 24.9 Å². The SMILES string of the molecule is CCNC(c1ccc(C)c(Br)c1)c1cnc(C(F)(F)F)s1. The van der Waals surface area contributed by atoms with Gasteiger partial charge in [-0.2, -0.15) is 13.2 Å². The lowest BCUT2D eigenvalue weighted by Gasteiger charge is -2.17. The highest BCUT2D eigenvalue weighted by molar-refractivity contribution is 9.10. The summed E-state index contributed by atoms with van der Waals surface area (Å²) in [5.74, 6) is 0. The standard InChI is InChI=1S/C14H14BrF3N2S/c1-3-19-12(9-5-4-8(2)10(15)6-9)11-7-20-13(21-11)14(16,17)18/h4-7,12,19H,3H2,1-2H3. The second-order valence-electron chi connectivity index (χ2n) is 4.56. The number of hydrogen-bond acceptors (Lipinski definition) is 3. The van der Waals surface area contributed by atoms with Crippen molar-refractivity contribution in [2.24, 2.45) is 0 Å². The molecule has 1 aromatic heterocycles. The van der Waals surface area contributed by atoms with Crippen molar-refractivity contribution in [1.29, 1.82) is 0 Å². The second kappa shape index (κ2) is 6.46. The third-order valence-electron chi connectivity index (χ3n) is 2.99. The van der Waals surface area contributed by atoms with E-state index in [9.17, 15) is 13.2 Å². The summed E-state index contributed by atoms with van der Waals surface area (Å²) < 4.78 is 39.0. The summed E-state index contributed by atoms with van der Waals surface area (Å²) >= 11 is 4.13. The zero-order valence-electron chi connectivity index (χ0n) is 11.5. The van der Waals surface area contributed by atoms with Crippen LogP contribution in [0.4, 0.5) is 13.2 Å². The fourth-order valence-corrected chi connectivity index (χ4v) is 3.21. The normalized spacial score (nSPS) is 13.4. The first kappa shape index (κ1) is 16.5. The van der Waals surface area contributed by atoms with Crippen LogP contribution in [0, 0.1) is 6.92 Å². The number of rotatable bonds is 4. The fourth-order valence-electron chi connectivity index (χ4n) is 1.93. The Kier molecular flexibility index (Phi) is 5.06. The maximum absolute atomic E-state index is 12.7. The van der Waals surface area contributed by atoms with Crippen molar-refractivity contribution < 1.29 is 13.2 Å². The quantitative estimate of drug-likeness (QED) is 0.815. The molecule has 1 atom stereocenters. The molecule has 114 valence electrons. The van der Waals surface area contributed by atoms with Crippen LogP contribution in [-0.4, -0.2) is 11.5 Å². The smallest absolute Gasteiger partial charge is 0.306 e. The van der Waals surface area contributed by atoms with E-state index in [4.69, 9.17) is 0 Å². The molecular weight excluding hydrogens is 365 g/mol. The second-order valence-corrected chi connectivity index (χ2v) is 6.48. The molecule has 0 aliphatic heterocycles. The first-order chi connectivity index (χ1) is 9.82. The summed E-state index contributed by atoms with van der Waals surface area (Å²) in [5.41, 5.74) is 1.99. The van der Waals surface area contributed by atoms with Gasteiger partial charge in [-0.3, -0.25) is 0 Å². The van der Waals surface area contributed by atoms with E-state index < -0.39 is 11.2 Å². The molecular formula is C14H14BrF3N2S. The number of aromatic nitrogens is 1. The molecule has 1 heterocycles. The monoisotopic (exact) mass is 378 g/mol. The van der Waals surface area contributed by atoms with Crippen LogP contribution in [-0.2, 0) is 6.18 Å². The van der Waals surface area contributed by atoms with Gasteiger partial charge in [0.1, 0.15) is 0 Å². The van der Waals surface area contributed by atoms with Crippen LogP contribution < -0.4 is 5.32 Å². The molecule has 0 aliphatic carbocycles. The number of nitrogens with zero attached hydrogens (tertiary/aromatic N) is 1. The van der Waals surface area contributed by atoms with E-state index in [-0.39, 0.29) is 6.04 Å². The van der Waals surface area contributed by atoms with Gasteiger partial charge in [-0.25, -0.2) is 4.98 Å². The molecule has 0 spiro atoms. The average Bonchev–Trinajstić information content (AvgIpc) is 2.89. The maximum atomic E-state index is 12.7. The number of alkyl halides is 3. The van der Waals surface area contributed by atoms with Crippen molar-refractivity contribution in [2.45, 2.75) is 26.1 Å². The predicted octanol–water partition coefficient (Wildman–Crippen LogP) is 4.93. The number of halogens is 4. The highest BCUT2D eigenvalue weighted by Crippen LogP contribution is 2.36. The molecule has 2 aromatic rings. The van der Waals surface area contributed by atoms with Gasteiger partial charge in [0.2, 0.25) is 0 Å². The Labute approximate surface area is 133 Å². The van der Waals surface area contributed by atoms with Crippen LogP contribution in [0.15, 0.2) is 28.9 Å². The van der Waals surface area contributed by atoms with Gasteiger partial charge >= 0.3 is 6.18 Å². The van der Waals surface area contributed by atoms with E-state index in [1.807, 2.05) is 32.0 Å². The Bertz CT molecular complexity index is 625. The molecule has 1 unspecified atom stereocenters. The van der Waals surface area contributed by atoms with Crippen molar-refractivity contribution in [2.75, 3.05) is 6.54 Å². The van der Waals surface area contributed by atoms with E-state index in [0.29, 0.717) is 22.8 Å². The number of nitrogens with one attached hydrogen (secondary N) is 1. The van der Waals surface area contributed by atoms with E-state index in [0.717, 1.165) is 15.6 Å². The van der Waals surface area contributed by atoms with Crippen molar-refractivity contribution in [1.82, 2.24) is 10.3 Å². The Morgan fingerprint density at radius 3 is 2.62 bits per heavy atom. The van der Waals surface area contributed by atoms with Gasteiger partial charge in [-0.05, 0) is 30.7 Å². The largest absolute Gasteiger partial charge is 0.443 e. The zero-order valence-corrected chi connectivity index (χ0v) is 13.9. The van der Waals surface area contributed by atoms with E-state index >= 15 is 0 Å². The summed E-state index contributed by atoms with van der Waals surface area (Å²) in [6.07, 6.45) is -3.10. The number of hydrogen-bond donors (Lipinski definition) is 1. The number of aryl methyl sites for hydroxylation is 1. The number of benzene rings is 1. The minimum atomic E-state index is -4.40. The van der Waals surface area contributed by atoms with E-state index in [1.165, 1.54) is 6.20 Å². The molecule has 2 nitrogen and oxygen atoms in total. The third kappa shape index (κ3) is 3.84. The fraction of sp³-hybridized carbons (Fsp3) is 0.357. The molecule has 0 amide bonds. The molecule has 1 N–H and O–H groups in total. The van der Waals surface area contributed by atoms with Crippen molar-refractivity contribution >= 4 is 27.3 Å². The Balaban J connectivity index is 2.38. The zero-order chi connectivity index (χ0) is 15.6. The van der Waals surface area contributed by atoms with Gasteiger partial charge in [0.05, 0.1) is 6.04 Å². The lowest BCUT2D eigenvalue weighted by molar-refractivity contribution is -0.137. The third-order valence-corrected chi connectivity index (χ3v) is 4.95. The summed E-state index contributed by atoms with van der Waals surface area (Å²) in [6.45, 7) is 4.53. The van der Waals surface area contributed by atoms with Crippen LogP contribution in [0.3, 0.4) is 0 Å². The highest BCUT2D eigenvalue weighted by Gasteiger charge is 2.35. The Hall–Kier alpha value is -0.920. The molecule has 21 heavy (non-hydrogen) atoms. The molecule has 1 aromatic carbocycles. The minimum absolute atomic E-state index is 0.291. The van der Waals surface area contributed by atoms with Gasteiger partial charge in [0.15, 0.2) is 5.01 Å². The van der Waals surface area contributed by atoms with E-state index in [1.54, 1.807) is 0 Å². The molecule has 0 radical (unpaired) electrons. The van der Waals surface area contributed by atoms with Crippen LogP contribution in [0.2, 0.25) is 0 Å². The summed E-state index contributed by atoms with van der Waals surface area (Å²) in [7, 11) is 0. The van der Waals surface area contributed by atoms with Crippen LogP contribution in [0.1, 0.15) is 34.0 Å². The molecule has 0 fully saturated rings. The summed E-state index contributed by atoms with van der Waals surface area (Å²) in [5, 5.41) is 2.40. The molecule has 2 rings (SSSR count). The predicted molar refractivity (Wildman–Crippen MR) is 81.5 cm³/mol. The van der Waals surface area contributed by atoms with Crippen LogP contribution in [0.5, 0.6) is 0 Å². The van der Waals surface area contributed by atoms with Gasteiger partial charge in [0, 0.05) is 15.5 Å². The van der Waals surface area contributed by atoms with Gasteiger partial charge in [-0.1, -0.05) is 35.0 Å². The summed E-state index contributed by atoms with van der Waals surface area (Å²) in [4.78, 5) is 4.05. The highest BCUT2D eigenvalue weighted by atomic mass is 79.9. The summed E-state index contributed by atoms with van der Waals surface area (Å²) in [6, 6.07) is 5.49. The van der Waals surface area contributed by atoms with E-state index in [2.05, 4.69) is 26.2 Å². The first-order valence-electron chi connectivity index (χ1n) is 6.35. The first-order valence-corrected chi connectivity index (χ1v) is 7.96. The molecule has 0 aliphatic rings. The lowest BCUT2D eigenvalue weighted by Crippen LogP contribution is -2.21. The molecule has 0 saturated carbocycles. The molecule has 0 saturated heterocycles. The van der Waals surface area contributed by atoms with Gasteiger partial charge < -0.3 is 5.32 Å². The average molecular weight is 379 g/mol. The van der Waals surface area contributed by atoms with Crippen molar-refractivity contribution in [3.05, 3.63) is 49.9 Å². The Morgan fingerprint density at radius 2 is 2.10 bits per heavy atom. The lowest BCUT2D eigenvalue weighted by atomic mass is 10.0.